The normalized spacial score (nSPS) is 18.2. The molecule has 1 fully saturated rings. The SMILES string of the molecule is Oc1ccccc1N1C(=S)N[C@@H](c2ccccn2)[C@H]1c1cccn1-c1cccc(C(F)(F)F)c1. The molecule has 0 spiro atoms. The Kier molecular flexibility index (Phi) is 5.49. The van der Waals surface area contributed by atoms with E-state index in [0.717, 1.165) is 12.1 Å². The van der Waals surface area contributed by atoms with E-state index < -0.39 is 23.8 Å². The highest BCUT2D eigenvalue weighted by molar-refractivity contribution is 7.80. The van der Waals surface area contributed by atoms with E-state index in [1.54, 1.807) is 64.3 Å². The largest absolute Gasteiger partial charge is 0.506 e. The first-order valence-electron chi connectivity index (χ1n) is 10.5. The number of aromatic nitrogens is 2. The van der Waals surface area contributed by atoms with Crippen molar-refractivity contribution < 1.29 is 18.3 Å². The number of para-hydroxylation sites is 2. The zero-order valence-corrected chi connectivity index (χ0v) is 18.5. The minimum Gasteiger partial charge on any atom is -0.506 e. The average Bonchev–Trinajstić information content (AvgIpc) is 3.44. The van der Waals surface area contributed by atoms with Gasteiger partial charge in [0.25, 0.3) is 0 Å². The molecule has 0 bridgehead atoms. The zero-order valence-electron chi connectivity index (χ0n) is 17.6. The summed E-state index contributed by atoms with van der Waals surface area (Å²) in [7, 11) is 0. The number of thiocarbonyl (C=S) groups is 1. The van der Waals surface area contributed by atoms with Crippen LogP contribution < -0.4 is 10.2 Å². The summed E-state index contributed by atoms with van der Waals surface area (Å²) in [5, 5.41) is 14.3. The number of hydrogen-bond acceptors (Lipinski definition) is 3. The van der Waals surface area contributed by atoms with Crippen LogP contribution in [0.15, 0.2) is 91.3 Å². The highest BCUT2D eigenvalue weighted by Crippen LogP contribution is 2.44. The van der Waals surface area contributed by atoms with E-state index in [-0.39, 0.29) is 5.75 Å². The third kappa shape index (κ3) is 3.88. The van der Waals surface area contributed by atoms with Gasteiger partial charge < -0.3 is 19.9 Å². The van der Waals surface area contributed by atoms with Crippen molar-refractivity contribution in [1.29, 1.82) is 0 Å². The zero-order chi connectivity index (χ0) is 23.9. The van der Waals surface area contributed by atoms with Crippen LogP contribution in [-0.2, 0) is 6.18 Å². The smallest absolute Gasteiger partial charge is 0.416 e. The molecule has 3 heterocycles. The summed E-state index contributed by atoms with van der Waals surface area (Å²) < 4.78 is 41.9. The molecule has 1 aliphatic heterocycles. The Balaban J connectivity index is 1.68. The third-order valence-corrected chi connectivity index (χ3v) is 6.09. The van der Waals surface area contributed by atoms with Crippen LogP contribution in [0.2, 0.25) is 0 Å². The predicted octanol–water partition coefficient (Wildman–Crippen LogP) is 5.77. The molecule has 5 nitrogen and oxygen atoms in total. The average molecular weight is 481 g/mol. The number of phenolic OH excluding ortho intramolecular Hbond substituents is 1. The highest BCUT2D eigenvalue weighted by Gasteiger charge is 2.43. The van der Waals surface area contributed by atoms with Crippen LogP contribution in [0.1, 0.15) is 29.0 Å². The molecule has 0 saturated carbocycles. The van der Waals surface area contributed by atoms with E-state index in [4.69, 9.17) is 12.2 Å². The van der Waals surface area contributed by atoms with Gasteiger partial charge in [-0.3, -0.25) is 4.98 Å². The van der Waals surface area contributed by atoms with E-state index in [1.165, 1.54) is 6.07 Å². The molecule has 2 atom stereocenters. The van der Waals surface area contributed by atoms with Crippen molar-refractivity contribution in [2.24, 2.45) is 0 Å². The summed E-state index contributed by atoms with van der Waals surface area (Å²) in [6.07, 6.45) is -1.07. The molecule has 5 rings (SSSR count). The van der Waals surface area contributed by atoms with Crippen LogP contribution in [0.3, 0.4) is 0 Å². The molecule has 2 aromatic heterocycles. The van der Waals surface area contributed by atoms with Crippen LogP contribution in [-0.4, -0.2) is 19.8 Å². The maximum atomic E-state index is 13.4. The molecule has 0 aliphatic carbocycles. The van der Waals surface area contributed by atoms with Gasteiger partial charge in [0.05, 0.1) is 23.0 Å². The number of pyridine rings is 1. The van der Waals surface area contributed by atoms with Gasteiger partial charge in [0.2, 0.25) is 0 Å². The fraction of sp³-hybridized carbons (Fsp3) is 0.120. The number of phenols is 1. The maximum absolute atomic E-state index is 13.4. The summed E-state index contributed by atoms with van der Waals surface area (Å²) in [6.45, 7) is 0. The molecule has 0 radical (unpaired) electrons. The molecule has 2 N–H and O–H groups in total. The Hall–Kier alpha value is -3.85. The topological polar surface area (TPSA) is 53.3 Å². The van der Waals surface area contributed by atoms with Crippen LogP contribution >= 0.6 is 12.2 Å². The fourth-order valence-corrected chi connectivity index (χ4v) is 4.62. The van der Waals surface area contributed by atoms with Gasteiger partial charge in [0.1, 0.15) is 11.8 Å². The summed E-state index contributed by atoms with van der Waals surface area (Å²) >= 11 is 5.66. The molecular formula is C25H19F3N4OS. The minimum absolute atomic E-state index is 0.0375. The van der Waals surface area contributed by atoms with E-state index in [0.29, 0.717) is 27.9 Å². The van der Waals surface area contributed by atoms with Crippen LogP contribution in [0.4, 0.5) is 18.9 Å². The summed E-state index contributed by atoms with van der Waals surface area (Å²) in [5.74, 6) is 0.0375. The van der Waals surface area contributed by atoms with Crippen LogP contribution in [0.25, 0.3) is 5.69 Å². The molecule has 4 aromatic rings. The molecule has 1 aliphatic rings. The van der Waals surface area contributed by atoms with Gasteiger partial charge in [0, 0.05) is 23.8 Å². The molecule has 0 unspecified atom stereocenters. The number of benzene rings is 2. The minimum atomic E-state index is -4.46. The van der Waals surface area contributed by atoms with Gasteiger partial charge in [-0.2, -0.15) is 13.2 Å². The molecule has 34 heavy (non-hydrogen) atoms. The van der Waals surface area contributed by atoms with Gasteiger partial charge in [-0.15, -0.1) is 0 Å². The van der Waals surface area contributed by atoms with E-state index in [9.17, 15) is 18.3 Å². The van der Waals surface area contributed by atoms with Crippen molar-refractivity contribution >= 4 is 23.0 Å². The fourth-order valence-electron chi connectivity index (χ4n) is 4.29. The van der Waals surface area contributed by atoms with Crippen molar-refractivity contribution in [3.05, 3.63) is 108 Å². The highest BCUT2D eigenvalue weighted by atomic mass is 32.1. The third-order valence-electron chi connectivity index (χ3n) is 5.77. The number of nitrogens with zero attached hydrogens (tertiary/aromatic N) is 3. The van der Waals surface area contributed by atoms with Crippen molar-refractivity contribution in [3.63, 3.8) is 0 Å². The van der Waals surface area contributed by atoms with Crippen molar-refractivity contribution in [1.82, 2.24) is 14.9 Å². The maximum Gasteiger partial charge on any atom is 0.416 e. The number of rotatable bonds is 4. The lowest BCUT2D eigenvalue weighted by Gasteiger charge is -2.29. The van der Waals surface area contributed by atoms with Crippen molar-refractivity contribution in [2.75, 3.05) is 4.90 Å². The monoisotopic (exact) mass is 480 g/mol. The molecule has 0 amide bonds. The Morgan fingerprint density at radius 2 is 1.74 bits per heavy atom. The summed E-state index contributed by atoms with van der Waals surface area (Å²) in [4.78, 5) is 6.27. The standard InChI is InChI=1S/C25H19F3N4OS/c26-25(27,28)16-7-5-8-17(15-16)31-14-6-11-20(31)23-22(18-9-3-4-13-29-18)30-24(34)32(23)19-10-1-2-12-21(19)33/h1-15,22-23,33H,(H,30,34)/t22-,23+/m0/s1. The molecule has 172 valence electrons. The Bertz CT molecular complexity index is 1340. The van der Waals surface area contributed by atoms with Crippen LogP contribution in [0, 0.1) is 0 Å². The quantitative estimate of drug-likeness (QED) is 0.363. The molecule has 2 aromatic carbocycles. The number of alkyl halides is 3. The van der Waals surface area contributed by atoms with Crippen molar-refractivity contribution in [3.8, 4) is 11.4 Å². The van der Waals surface area contributed by atoms with E-state index in [2.05, 4.69) is 10.3 Å². The lowest BCUT2D eigenvalue weighted by molar-refractivity contribution is -0.137. The Morgan fingerprint density at radius 1 is 0.941 bits per heavy atom. The first-order chi connectivity index (χ1) is 16.3. The Labute approximate surface area is 199 Å². The number of anilines is 1. The number of aromatic hydroxyl groups is 1. The lowest BCUT2D eigenvalue weighted by Crippen LogP contribution is -2.30. The predicted molar refractivity (Wildman–Crippen MR) is 127 cm³/mol. The van der Waals surface area contributed by atoms with Crippen LogP contribution in [0.5, 0.6) is 5.75 Å². The van der Waals surface area contributed by atoms with Gasteiger partial charge >= 0.3 is 6.18 Å². The second-order valence-corrected chi connectivity index (χ2v) is 8.22. The second-order valence-electron chi connectivity index (χ2n) is 7.84. The number of nitrogens with one attached hydrogen (secondary N) is 1. The first-order valence-corrected chi connectivity index (χ1v) is 10.9. The van der Waals surface area contributed by atoms with E-state index in [1.807, 2.05) is 18.2 Å². The molecule has 1 saturated heterocycles. The summed E-state index contributed by atoms with van der Waals surface area (Å²) in [5.41, 5.74) is 1.52. The van der Waals surface area contributed by atoms with Gasteiger partial charge in [0.15, 0.2) is 5.11 Å². The van der Waals surface area contributed by atoms with Gasteiger partial charge in [-0.25, -0.2) is 0 Å². The first kappa shape index (κ1) is 22.0. The lowest BCUT2D eigenvalue weighted by atomic mass is 10.0. The van der Waals surface area contributed by atoms with E-state index >= 15 is 0 Å². The number of halogens is 3. The molecular weight excluding hydrogens is 461 g/mol. The summed E-state index contributed by atoms with van der Waals surface area (Å²) in [6, 6.07) is 20.2. The van der Waals surface area contributed by atoms with Gasteiger partial charge in [-0.1, -0.05) is 24.3 Å². The van der Waals surface area contributed by atoms with Gasteiger partial charge in [-0.05, 0) is 66.8 Å². The van der Waals surface area contributed by atoms with Crippen molar-refractivity contribution in [2.45, 2.75) is 18.3 Å². The second kappa shape index (κ2) is 8.49. The molecule has 9 heteroatoms. The Morgan fingerprint density at radius 3 is 2.47 bits per heavy atom. The number of hydrogen-bond donors (Lipinski definition) is 2.